The summed E-state index contributed by atoms with van der Waals surface area (Å²) < 4.78 is 2.15. The van der Waals surface area contributed by atoms with Crippen molar-refractivity contribution >= 4 is 11.0 Å². The van der Waals surface area contributed by atoms with E-state index in [0.717, 1.165) is 11.3 Å². The Labute approximate surface area is 78.2 Å². The highest BCUT2D eigenvalue weighted by Gasteiger charge is 2.08. The Morgan fingerprint density at radius 2 is 1.85 bits per heavy atom. The van der Waals surface area contributed by atoms with Crippen LogP contribution in [-0.4, -0.2) is 9.55 Å². The molecule has 2 rings (SSSR count). The topological polar surface area (TPSA) is 17.8 Å². The van der Waals surface area contributed by atoms with Gasteiger partial charge in [0.25, 0.3) is 0 Å². The van der Waals surface area contributed by atoms with Crippen LogP contribution in [0.5, 0.6) is 0 Å². The number of rotatable bonds is 0. The molecule has 0 fully saturated rings. The average Bonchev–Trinajstić information content (AvgIpc) is 2.32. The summed E-state index contributed by atoms with van der Waals surface area (Å²) in [6.07, 6.45) is 0. The van der Waals surface area contributed by atoms with Crippen LogP contribution in [-0.2, 0) is 7.05 Å². The predicted molar refractivity (Wildman–Crippen MR) is 54.9 cm³/mol. The van der Waals surface area contributed by atoms with Crippen molar-refractivity contribution in [3.05, 3.63) is 29.1 Å². The maximum Gasteiger partial charge on any atom is 0.140 e. The van der Waals surface area contributed by atoms with Gasteiger partial charge in [-0.15, -0.1) is 0 Å². The van der Waals surface area contributed by atoms with Gasteiger partial charge in [-0.2, -0.15) is 0 Å². The van der Waals surface area contributed by atoms with Crippen LogP contribution in [0.4, 0.5) is 0 Å². The normalized spacial score (nSPS) is 11.1. The minimum absolute atomic E-state index is 1.08. The minimum Gasteiger partial charge on any atom is -0.333 e. The lowest BCUT2D eigenvalue weighted by Crippen LogP contribution is -1.93. The van der Waals surface area contributed by atoms with E-state index in [-0.39, 0.29) is 0 Å². The first kappa shape index (κ1) is 8.30. The zero-order valence-electron chi connectivity index (χ0n) is 8.55. The Kier molecular flexibility index (Phi) is 1.65. The Morgan fingerprint density at radius 3 is 2.54 bits per heavy atom. The summed E-state index contributed by atoms with van der Waals surface area (Å²) in [6.45, 7) is 6.30. The number of nitrogens with zero attached hydrogens (tertiary/aromatic N) is 2. The number of hydrogen-bond donors (Lipinski definition) is 0. The van der Waals surface area contributed by atoms with Gasteiger partial charge in [-0.3, -0.25) is 0 Å². The van der Waals surface area contributed by atoms with Gasteiger partial charge < -0.3 is 4.57 Å². The van der Waals surface area contributed by atoms with Gasteiger partial charge in [0, 0.05) is 23.8 Å². The van der Waals surface area contributed by atoms with Crippen LogP contribution >= 0.6 is 0 Å². The molecule has 0 spiro atoms. The Morgan fingerprint density at radius 1 is 1.15 bits per heavy atom. The van der Waals surface area contributed by atoms with Crippen molar-refractivity contribution in [2.75, 3.05) is 0 Å². The zero-order chi connectivity index (χ0) is 9.59. The van der Waals surface area contributed by atoms with E-state index in [2.05, 4.69) is 42.6 Å². The molecule has 0 atom stereocenters. The summed E-state index contributed by atoms with van der Waals surface area (Å²) >= 11 is 0. The van der Waals surface area contributed by atoms with Gasteiger partial charge in [0.05, 0.1) is 0 Å². The average molecular weight is 174 g/mol. The molecule has 2 aromatic heterocycles. The first-order valence-corrected chi connectivity index (χ1v) is 4.50. The zero-order valence-corrected chi connectivity index (χ0v) is 8.55. The fourth-order valence-electron chi connectivity index (χ4n) is 1.70. The third-order valence-electron chi connectivity index (χ3n) is 2.78. The predicted octanol–water partition coefficient (Wildman–Crippen LogP) is 2.50. The summed E-state index contributed by atoms with van der Waals surface area (Å²) in [6, 6.07) is 4.22. The lowest BCUT2D eigenvalue weighted by Gasteiger charge is -1.97. The molecule has 0 aliphatic rings. The molecule has 0 aliphatic heterocycles. The molecular formula is C11H14N2. The molecule has 0 aliphatic carbocycles. The molecule has 0 bridgehead atoms. The van der Waals surface area contributed by atoms with Crippen molar-refractivity contribution in [3.8, 4) is 0 Å². The van der Waals surface area contributed by atoms with Crippen molar-refractivity contribution in [2.45, 2.75) is 20.8 Å². The molecule has 2 heterocycles. The summed E-state index contributed by atoms with van der Waals surface area (Å²) in [5, 5.41) is 1.27. The van der Waals surface area contributed by atoms with E-state index in [1.54, 1.807) is 0 Å². The highest BCUT2D eigenvalue weighted by molar-refractivity contribution is 5.81. The standard InChI is InChI=1S/C11H14N2/c1-7-5-6-10-8(2)9(3)13(4)11(10)12-7/h5-6H,1-4H3. The Balaban J connectivity index is 2.95. The molecule has 0 saturated carbocycles. The lowest BCUT2D eigenvalue weighted by molar-refractivity contribution is 0.892. The Hall–Kier alpha value is -1.31. The number of aryl methyl sites for hydroxylation is 3. The van der Waals surface area contributed by atoms with Crippen LogP contribution in [0, 0.1) is 20.8 Å². The molecular weight excluding hydrogens is 160 g/mol. The third kappa shape index (κ3) is 1.05. The van der Waals surface area contributed by atoms with Crippen molar-refractivity contribution in [3.63, 3.8) is 0 Å². The largest absolute Gasteiger partial charge is 0.333 e. The maximum absolute atomic E-state index is 4.52. The second-order valence-corrected chi connectivity index (χ2v) is 3.59. The van der Waals surface area contributed by atoms with Gasteiger partial charge >= 0.3 is 0 Å². The number of fused-ring (bicyclic) bond motifs is 1. The second kappa shape index (κ2) is 2.59. The summed E-state index contributed by atoms with van der Waals surface area (Å²) in [7, 11) is 2.07. The molecule has 2 heteroatoms. The van der Waals surface area contributed by atoms with Gasteiger partial charge in [0.1, 0.15) is 5.65 Å². The van der Waals surface area contributed by atoms with Crippen molar-refractivity contribution in [1.82, 2.24) is 9.55 Å². The minimum atomic E-state index is 1.08. The smallest absolute Gasteiger partial charge is 0.140 e. The van der Waals surface area contributed by atoms with Crippen molar-refractivity contribution in [1.29, 1.82) is 0 Å². The Bertz CT molecular complexity index is 466. The van der Waals surface area contributed by atoms with Gasteiger partial charge in [-0.1, -0.05) is 0 Å². The third-order valence-corrected chi connectivity index (χ3v) is 2.78. The van der Waals surface area contributed by atoms with Crippen molar-refractivity contribution < 1.29 is 0 Å². The molecule has 2 nitrogen and oxygen atoms in total. The van der Waals surface area contributed by atoms with Crippen molar-refractivity contribution in [2.24, 2.45) is 7.05 Å². The fraction of sp³-hybridized carbons (Fsp3) is 0.364. The van der Waals surface area contributed by atoms with E-state index in [4.69, 9.17) is 0 Å². The van der Waals surface area contributed by atoms with Crippen LogP contribution in [0.25, 0.3) is 11.0 Å². The van der Waals surface area contributed by atoms with Gasteiger partial charge in [-0.25, -0.2) is 4.98 Å². The molecule has 0 saturated heterocycles. The summed E-state index contributed by atoms with van der Waals surface area (Å²) in [5.74, 6) is 0. The summed E-state index contributed by atoms with van der Waals surface area (Å²) in [5.41, 5.74) is 4.81. The van der Waals surface area contributed by atoms with Gasteiger partial charge in [-0.05, 0) is 38.5 Å². The molecule has 13 heavy (non-hydrogen) atoms. The molecule has 0 N–H and O–H groups in total. The van der Waals surface area contributed by atoms with Gasteiger partial charge in [0.2, 0.25) is 0 Å². The quantitative estimate of drug-likeness (QED) is 0.600. The molecule has 68 valence electrons. The first-order valence-electron chi connectivity index (χ1n) is 4.50. The maximum atomic E-state index is 4.52. The SMILES string of the molecule is Cc1ccc2c(C)c(C)n(C)c2n1. The van der Waals surface area contributed by atoms with Crippen LogP contribution in [0.3, 0.4) is 0 Å². The highest BCUT2D eigenvalue weighted by atomic mass is 15.0. The second-order valence-electron chi connectivity index (χ2n) is 3.59. The van der Waals surface area contributed by atoms with Crippen LogP contribution in [0.2, 0.25) is 0 Å². The fourth-order valence-corrected chi connectivity index (χ4v) is 1.70. The lowest BCUT2D eigenvalue weighted by atomic mass is 10.2. The molecule has 2 aromatic rings. The number of pyridine rings is 1. The molecule has 0 amide bonds. The number of hydrogen-bond acceptors (Lipinski definition) is 1. The summed E-state index contributed by atoms with van der Waals surface area (Å²) in [4.78, 5) is 4.52. The van der Waals surface area contributed by atoms with Crippen LogP contribution in [0.1, 0.15) is 17.0 Å². The van der Waals surface area contributed by atoms with E-state index in [9.17, 15) is 0 Å². The first-order chi connectivity index (χ1) is 6.11. The van der Waals surface area contributed by atoms with E-state index >= 15 is 0 Å². The van der Waals surface area contributed by atoms with Gasteiger partial charge in [0.15, 0.2) is 0 Å². The highest BCUT2D eigenvalue weighted by Crippen LogP contribution is 2.22. The van der Waals surface area contributed by atoms with E-state index in [0.29, 0.717) is 0 Å². The van der Waals surface area contributed by atoms with E-state index < -0.39 is 0 Å². The monoisotopic (exact) mass is 174 g/mol. The van der Waals surface area contributed by atoms with E-state index in [1.165, 1.54) is 16.6 Å². The number of aromatic nitrogens is 2. The molecule has 0 radical (unpaired) electrons. The molecule has 0 unspecified atom stereocenters. The molecule has 0 aromatic carbocycles. The van der Waals surface area contributed by atoms with Crippen LogP contribution in [0.15, 0.2) is 12.1 Å². The van der Waals surface area contributed by atoms with E-state index in [1.807, 2.05) is 6.92 Å². The van der Waals surface area contributed by atoms with Crippen LogP contribution < -0.4 is 0 Å².